The van der Waals surface area contributed by atoms with Crippen molar-refractivity contribution >= 4 is 29.0 Å². The number of benzene rings is 1. The predicted octanol–water partition coefficient (Wildman–Crippen LogP) is 2.66. The van der Waals surface area contributed by atoms with E-state index in [0.717, 1.165) is 18.0 Å². The first-order chi connectivity index (χ1) is 11.3. The topological polar surface area (TPSA) is 75.2 Å². The molecule has 0 saturated carbocycles. The van der Waals surface area contributed by atoms with Crippen molar-refractivity contribution < 1.29 is 9.59 Å². The first kappa shape index (κ1) is 18.1. The lowest BCUT2D eigenvalue weighted by molar-refractivity contribution is -0.121. The Labute approximate surface area is 146 Å². The summed E-state index contributed by atoms with van der Waals surface area (Å²) in [5.74, 6) is -0.560. The van der Waals surface area contributed by atoms with E-state index in [-0.39, 0.29) is 29.6 Å². The van der Waals surface area contributed by atoms with Crippen LogP contribution in [0.5, 0.6) is 0 Å². The van der Waals surface area contributed by atoms with Gasteiger partial charge in [0.05, 0.1) is 0 Å². The second kappa shape index (κ2) is 7.53. The monoisotopic (exact) mass is 346 g/mol. The van der Waals surface area contributed by atoms with Crippen LogP contribution in [0.3, 0.4) is 0 Å². The van der Waals surface area contributed by atoms with Crippen molar-refractivity contribution in [2.75, 3.05) is 11.4 Å². The maximum Gasteiger partial charge on any atom is 0.280 e. The normalized spacial score (nSPS) is 11.2. The SMILES string of the molecule is CCc1ccc(N(CC(=O)NC(C)(C)C)C(=O)c2csnn2)cc1. The molecule has 0 unspecified atom stereocenters. The fourth-order valence-electron chi connectivity index (χ4n) is 2.19. The molecule has 0 aliphatic carbocycles. The Kier molecular flexibility index (Phi) is 5.66. The van der Waals surface area contributed by atoms with Crippen molar-refractivity contribution in [3.8, 4) is 0 Å². The molecule has 0 bridgehead atoms. The lowest BCUT2D eigenvalue weighted by Crippen LogP contribution is -2.47. The molecular formula is C17H22N4O2S. The van der Waals surface area contributed by atoms with Gasteiger partial charge in [0.15, 0.2) is 5.69 Å². The number of carbonyl (C=O) groups excluding carboxylic acids is 2. The molecule has 7 heteroatoms. The number of nitrogens with one attached hydrogen (secondary N) is 1. The van der Waals surface area contributed by atoms with Crippen LogP contribution in [0.4, 0.5) is 5.69 Å². The molecule has 1 aromatic heterocycles. The molecule has 0 atom stereocenters. The van der Waals surface area contributed by atoms with Gasteiger partial charge < -0.3 is 5.32 Å². The van der Waals surface area contributed by atoms with Crippen molar-refractivity contribution in [2.24, 2.45) is 0 Å². The van der Waals surface area contributed by atoms with Crippen LogP contribution in [-0.4, -0.2) is 33.5 Å². The fourth-order valence-corrected chi connectivity index (χ4v) is 2.62. The Morgan fingerprint density at radius 2 is 1.88 bits per heavy atom. The summed E-state index contributed by atoms with van der Waals surface area (Å²) < 4.78 is 3.73. The molecule has 1 aromatic carbocycles. The first-order valence-corrected chi connectivity index (χ1v) is 8.62. The average molecular weight is 346 g/mol. The van der Waals surface area contributed by atoms with Crippen molar-refractivity contribution in [2.45, 2.75) is 39.7 Å². The molecule has 128 valence electrons. The fraction of sp³-hybridized carbons (Fsp3) is 0.412. The number of nitrogens with zero attached hydrogens (tertiary/aromatic N) is 3. The Balaban J connectivity index is 2.26. The minimum Gasteiger partial charge on any atom is -0.350 e. The van der Waals surface area contributed by atoms with E-state index in [1.807, 2.05) is 45.0 Å². The summed E-state index contributed by atoms with van der Waals surface area (Å²) in [5.41, 5.74) is 1.71. The zero-order valence-corrected chi connectivity index (χ0v) is 15.2. The Hall–Kier alpha value is -2.28. The predicted molar refractivity (Wildman–Crippen MR) is 95.3 cm³/mol. The summed E-state index contributed by atoms with van der Waals surface area (Å²) in [6.07, 6.45) is 0.911. The minimum atomic E-state index is -0.361. The third-order valence-electron chi connectivity index (χ3n) is 3.30. The molecule has 0 saturated heterocycles. The number of hydrogen-bond acceptors (Lipinski definition) is 5. The van der Waals surface area contributed by atoms with Gasteiger partial charge in [-0.05, 0) is 56.4 Å². The van der Waals surface area contributed by atoms with Gasteiger partial charge in [-0.25, -0.2) is 0 Å². The van der Waals surface area contributed by atoms with Gasteiger partial charge in [0, 0.05) is 16.6 Å². The summed E-state index contributed by atoms with van der Waals surface area (Å²) >= 11 is 1.11. The van der Waals surface area contributed by atoms with E-state index in [4.69, 9.17) is 0 Å². The molecule has 2 aromatic rings. The molecule has 1 heterocycles. The second-order valence-electron chi connectivity index (χ2n) is 6.50. The molecule has 0 fully saturated rings. The van der Waals surface area contributed by atoms with Crippen molar-refractivity contribution in [1.29, 1.82) is 0 Å². The van der Waals surface area contributed by atoms with Crippen LogP contribution >= 0.6 is 11.5 Å². The number of hydrogen-bond donors (Lipinski definition) is 1. The van der Waals surface area contributed by atoms with Crippen LogP contribution in [0.15, 0.2) is 29.6 Å². The van der Waals surface area contributed by atoms with Gasteiger partial charge in [0.2, 0.25) is 5.91 Å². The van der Waals surface area contributed by atoms with Crippen LogP contribution < -0.4 is 10.2 Å². The summed E-state index contributed by atoms with van der Waals surface area (Å²) in [6, 6.07) is 7.61. The molecule has 0 aliphatic heterocycles. The molecular weight excluding hydrogens is 324 g/mol. The highest BCUT2D eigenvalue weighted by molar-refractivity contribution is 7.03. The number of carbonyl (C=O) groups is 2. The number of amides is 2. The number of anilines is 1. The van der Waals surface area contributed by atoms with E-state index in [9.17, 15) is 9.59 Å². The summed E-state index contributed by atoms with van der Waals surface area (Å²) in [7, 11) is 0. The highest BCUT2D eigenvalue weighted by Gasteiger charge is 2.24. The van der Waals surface area contributed by atoms with E-state index < -0.39 is 0 Å². The van der Waals surface area contributed by atoms with Crippen molar-refractivity contribution in [3.05, 3.63) is 40.9 Å². The molecule has 1 N–H and O–H groups in total. The van der Waals surface area contributed by atoms with Gasteiger partial charge >= 0.3 is 0 Å². The third kappa shape index (κ3) is 4.86. The van der Waals surface area contributed by atoms with E-state index in [1.165, 1.54) is 10.5 Å². The van der Waals surface area contributed by atoms with Crippen LogP contribution in [0.25, 0.3) is 0 Å². The molecule has 6 nitrogen and oxygen atoms in total. The lowest BCUT2D eigenvalue weighted by atomic mass is 10.1. The van der Waals surface area contributed by atoms with Gasteiger partial charge in [-0.3, -0.25) is 14.5 Å². The van der Waals surface area contributed by atoms with Crippen LogP contribution in [0.2, 0.25) is 0 Å². The number of aromatic nitrogens is 2. The molecule has 2 amide bonds. The van der Waals surface area contributed by atoms with Crippen LogP contribution in [-0.2, 0) is 11.2 Å². The quantitative estimate of drug-likeness (QED) is 0.903. The zero-order valence-electron chi connectivity index (χ0n) is 14.4. The highest BCUT2D eigenvalue weighted by atomic mass is 32.1. The van der Waals surface area contributed by atoms with Crippen LogP contribution in [0, 0.1) is 0 Å². The maximum atomic E-state index is 12.7. The van der Waals surface area contributed by atoms with E-state index in [0.29, 0.717) is 5.69 Å². The molecule has 24 heavy (non-hydrogen) atoms. The smallest absolute Gasteiger partial charge is 0.280 e. The van der Waals surface area contributed by atoms with Gasteiger partial charge in [-0.1, -0.05) is 23.5 Å². The van der Waals surface area contributed by atoms with Gasteiger partial charge in [-0.2, -0.15) is 0 Å². The largest absolute Gasteiger partial charge is 0.350 e. The molecule has 0 spiro atoms. The third-order valence-corrected chi connectivity index (χ3v) is 3.80. The zero-order chi connectivity index (χ0) is 17.7. The van der Waals surface area contributed by atoms with Gasteiger partial charge in [0.25, 0.3) is 5.91 Å². The molecule has 0 aliphatic rings. The standard InChI is InChI=1S/C17H22N4O2S/c1-5-12-6-8-13(9-7-12)21(10-15(22)18-17(2,3)4)16(23)14-11-24-20-19-14/h6-9,11H,5,10H2,1-4H3,(H,18,22). The maximum absolute atomic E-state index is 12.7. The van der Waals surface area contributed by atoms with E-state index in [2.05, 4.69) is 21.8 Å². The first-order valence-electron chi connectivity index (χ1n) is 7.79. The van der Waals surface area contributed by atoms with Gasteiger partial charge in [0.1, 0.15) is 6.54 Å². The Bertz CT molecular complexity index is 690. The Morgan fingerprint density at radius 3 is 2.38 bits per heavy atom. The summed E-state index contributed by atoms with van der Waals surface area (Å²) in [4.78, 5) is 26.4. The number of rotatable bonds is 5. The van der Waals surface area contributed by atoms with Crippen molar-refractivity contribution in [3.63, 3.8) is 0 Å². The lowest BCUT2D eigenvalue weighted by Gasteiger charge is -2.25. The molecule has 0 radical (unpaired) electrons. The highest BCUT2D eigenvalue weighted by Crippen LogP contribution is 2.18. The second-order valence-corrected chi connectivity index (χ2v) is 7.11. The molecule has 2 rings (SSSR count). The summed E-state index contributed by atoms with van der Waals surface area (Å²) in [6.45, 7) is 7.70. The van der Waals surface area contributed by atoms with E-state index in [1.54, 1.807) is 5.38 Å². The Morgan fingerprint density at radius 1 is 1.21 bits per heavy atom. The summed E-state index contributed by atoms with van der Waals surface area (Å²) in [5, 5.41) is 8.28. The van der Waals surface area contributed by atoms with Gasteiger partial charge in [-0.15, -0.1) is 5.10 Å². The number of aryl methyl sites for hydroxylation is 1. The van der Waals surface area contributed by atoms with Crippen LogP contribution in [0.1, 0.15) is 43.7 Å². The average Bonchev–Trinajstić information content (AvgIpc) is 3.05. The van der Waals surface area contributed by atoms with E-state index >= 15 is 0 Å². The minimum absolute atomic E-state index is 0.0703. The van der Waals surface area contributed by atoms with Crippen molar-refractivity contribution in [1.82, 2.24) is 14.9 Å².